The normalized spacial score (nSPS) is 15.0. The third kappa shape index (κ3) is 1.34. The molecule has 7 heteroatoms. The lowest BCUT2D eigenvalue weighted by Gasteiger charge is -2.08. The number of nitro groups is 1. The number of carboxylic acid groups (broad SMARTS) is 1. The van der Waals surface area contributed by atoms with Gasteiger partial charge in [0.1, 0.15) is 6.26 Å². The summed E-state index contributed by atoms with van der Waals surface area (Å²) in [5, 5.41) is 18.6. The highest BCUT2D eigenvalue weighted by molar-refractivity contribution is 5.86. The summed E-state index contributed by atoms with van der Waals surface area (Å²) in [6, 6.07) is 0. The number of carboxylic acids is 1. The molecule has 1 aliphatic heterocycles. The number of carbonyl (C=O) groups is 1. The zero-order valence-corrected chi connectivity index (χ0v) is 5.68. The summed E-state index contributed by atoms with van der Waals surface area (Å²) in [7, 11) is 0. The minimum atomic E-state index is -1.44. The highest BCUT2D eigenvalue weighted by Crippen LogP contribution is 2.08. The first-order valence-corrected chi connectivity index (χ1v) is 2.83. The summed E-state index contributed by atoms with van der Waals surface area (Å²) in [5.41, 5.74) is 0.787. The van der Waals surface area contributed by atoms with Crippen LogP contribution in [0.25, 0.3) is 0 Å². The van der Waals surface area contributed by atoms with E-state index in [-0.39, 0.29) is 0 Å². The van der Waals surface area contributed by atoms with Gasteiger partial charge in [-0.15, -0.1) is 0 Å². The first-order valence-electron chi connectivity index (χ1n) is 2.83. The molecule has 0 aliphatic carbocycles. The van der Waals surface area contributed by atoms with Crippen LogP contribution in [0, 0.1) is 10.1 Å². The highest BCUT2D eigenvalue weighted by atomic mass is 16.6. The second-order valence-electron chi connectivity index (χ2n) is 1.85. The van der Waals surface area contributed by atoms with Crippen LogP contribution in [0.4, 0.5) is 0 Å². The number of hydrogen-bond donors (Lipinski definition) is 2. The van der Waals surface area contributed by atoms with Gasteiger partial charge in [0, 0.05) is 0 Å². The van der Waals surface area contributed by atoms with E-state index in [0.29, 0.717) is 0 Å². The molecule has 64 valence electrons. The second kappa shape index (κ2) is 2.91. The summed E-state index contributed by atoms with van der Waals surface area (Å²) in [6.07, 6.45) is 1.95. The van der Waals surface area contributed by atoms with Crippen molar-refractivity contribution < 1.29 is 19.7 Å². The Bertz CT molecular complexity index is 292. The van der Waals surface area contributed by atoms with E-state index in [1.807, 2.05) is 5.48 Å². The molecule has 0 aromatic carbocycles. The Labute approximate surface area is 66.0 Å². The van der Waals surface area contributed by atoms with Gasteiger partial charge in [-0.25, -0.2) is 10.3 Å². The predicted octanol–water partition coefficient (Wildman–Crippen LogP) is -0.392. The Balaban J connectivity index is 3.08. The largest absolute Gasteiger partial charge is 0.476 e. The van der Waals surface area contributed by atoms with E-state index in [9.17, 15) is 14.9 Å². The van der Waals surface area contributed by atoms with Crippen LogP contribution in [-0.2, 0) is 9.63 Å². The van der Waals surface area contributed by atoms with Crippen LogP contribution in [0.5, 0.6) is 0 Å². The fraction of sp³-hybridized carbons (Fsp3) is 0. The smallest absolute Gasteiger partial charge is 0.362 e. The van der Waals surface area contributed by atoms with Crippen molar-refractivity contribution in [3.8, 4) is 0 Å². The SMILES string of the molecule is O=C(O)C1=C([N+](=O)[O-])C=CON1. The van der Waals surface area contributed by atoms with Gasteiger partial charge in [0.25, 0.3) is 0 Å². The summed E-state index contributed by atoms with van der Waals surface area (Å²) >= 11 is 0. The first kappa shape index (κ1) is 8.05. The summed E-state index contributed by atoms with van der Waals surface area (Å²) in [6.45, 7) is 0. The van der Waals surface area contributed by atoms with Gasteiger partial charge in [-0.3, -0.25) is 10.1 Å². The van der Waals surface area contributed by atoms with Crippen molar-refractivity contribution >= 4 is 5.97 Å². The van der Waals surface area contributed by atoms with E-state index in [0.717, 1.165) is 12.3 Å². The third-order valence-electron chi connectivity index (χ3n) is 1.12. The van der Waals surface area contributed by atoms with Crippen molar-refractivity contribution in [2.24, 2.45) is 0 Å². The molecule has 0 saturated carbocycles. The van der Waals surface area contributed by atoms with Crippen molar-refractivity contribution in [2.45, 2.75) is 0 Å². The molecule has 0 radical (unpaired) electrons. The van der Waals surface area contributed by atoms with Crippen LogP contribution in [-0.4, -0.2) is 16.0 Å². The Hall–Kier alpha value is -2.05. The summed E-state index contributed by atoms with van der Waals surface area (Å²) in [5.74, 6) is -1.44. The molecule has 0 unspecified atom stereocenters. The Kier molecular flexibility index (Phi) is 1.95. The molecule has 0 atom stereocenters. The van der Waals surface area contributed by atoms with Gasteiger partial charge in [-0.2, -0.15) is 0 Å². The van der Waals surface area contributed by atoms with Gasteiger partial charge in [0.2, 0.25) is 5.70 Å². The van der Waals surface area contributed by atoms with Crippen LogP contribution >= 0.6 is 0 Å². The number of nitrogens with zero attached hydrogens (tertiary/aromatic N) is 1. The molecule has 0 spiro atoms. The minimum Gasteiger partial charge on any atom is -0.476 e. The summed E-state index contributed by atoms with van der Waals surface area (Å²) < 4.78 is 0. The zero-order valence-electron chi connectivity index (χ0n) is 5.68. The molecule has 2 N–H and O–H groups in total. The van der Waals surface area contributed by atoms with Crippen molar-refractivity contribution in [1.82, 2.24) is 5.48 Å². The molecule has 12 heavy (non-hydrogen) atoms. The molecular formula is C5H4N2O5. The van der Waals surface area contributed by atoms with E-state index in [4.69, 9.17) is 5.11 Å². The van der Waals surface area contributed by atoms with Crippen LogP contribution in [0.15, 0.2) is 23.7 Å². The van der Waals surface area contributed by atoms with Gasteiger partial charge >= 0.3 is 11.7 Å². The lowest BCUT2D eigenvalue weighted by atomic mass is 10.3. The number of allylic oxidation sites excluding steroid dienone is 1. The maximum atomic E-state index is 10.3. The number of hydrogen-bond acceptors (Lipinski definition) is 5. The van der Waals surface area contributed by atoms with Crippen molar-refractivity contribution in [3.05, 3.63) is 33.8 Å². The molecule has 0 bridgehead atoms. The van der Waals surface area contributed by atoms with Gasteiger partial charge < -0.3 is 9.94 Å². The fourth-order valence-electron chi connectivity index (χ4n) is 0.632. The second-order valence-corrected chi connectivity index (χ2v) is 1.85. The monoisotopic (exact) mass is 172 g/mol. The Morgan fingerprint density at radius 2 is 2.42 bits per heavy atom. The number of hydroxylamine groups is 1. The van der Waals surface area contributed by atoms with Crippen LogP contribution in [0.1, 0.15) is 0 Å². The van der Waals surface area contributed by atoms with Crippen LogP contribution in [0.3, 0.4) is 0 Å². The number of rotatable bonds is 2. The molecule has 0 saturated heterocycles. The molecule has 0 fully saturated rings. The van der Waals surface area contributed by atoms with E-state index in [1.54, 1.807) is 0 Å². The first-order chi connectivity index (χ1) is 5.63. The van der Waals surface area contributed by atoms with E-state index in [1.165, 1.54) is 0 Å². The lowest BCUT2D eigenvalue weighted by molar-refractivity contribution is -0.421. The van der Waals surface area contributed by atoms with E-state index >= 15 is 0 Å². The summed E-state index contributed by atoms with van der Waals surface area (Å²) in [4.78, 5) is 24.1. The number of aliphatic carboxylic acids is 1. The quantitative estimate of drug-likeness (QED) is 0.434. The molecule has 1 heterocycles. The molecule has 1 rings (SSSR count). The van der Waals surface area contributed by atoms with E-state index < -0.39 is 22.3 Å². The number of nitrogens with one attached hydrogen (secondary N) is 1. The average Bonchev–Trinajstić information content (AvgIpc) is 2.04. The zero-order chi connectivity index (χ0) is 9.14. The molecule has 0 aromatic rings. The Morgan fingerprint density at radius 3 is 2.83 bits per heavy atom. The van der Waals surface area contributed by atoms with Crippen molar-refractivity contribution in [3.63, 3.8) is 0 Å². The Morgan fingerprint density at radius 1 is 1.75 bits per heavy atom. The molecule has 1 aliphatic rings. The molecule has 0 amide bonds. The van der Waals surface area contributed by atoms with Gasteiger partial charge in [-0.05, 0) is 0 Å². The van der Waals surface area contributed by atoms with Gasteiger partial charge in [0.05, 0.1) is 11.0 Å². The lowest BCUT2D eigenvalue weighted by Crippen LogP contribution is -2.25. The van der Waals surface area contributed by atoms with Gasteiger partial charge in [0.15, 0.2) is 0 Å². The van der Waals surface area contributed by atoms with Crippen molar-refractivity contribution in [1.29, 1.82) is 0 Å². The average molecular weight is 172 g/mol. The molecule has 0 aromatic heterocycles. The molecule has 7 nitrogen and oxygen atoms in total. The third-order valence-corrected chi connectivity index (χ3v) is 1.12. The van der Waals surface area contributed by atoms with Crippen LogP contribution in [0.2, 0.25) is 0 Å². The maximum Gasteiger partial charge on any atom is 0.362 e. The predicted molar refractivity (Wildman–Crippen MR) is 35.0 cm³/mol. The topological polar surface area (TPSA) is 102 Å². The van der Waals surface area contributed by atoms with Crippen molar-refractivity contribution in [2.75, 3.05) is 0 Å². The highest BCUT2D eigenvalue weighted by Gasteiger charge is 2.24. The van der Waals surface area contributed by atoms with Gasteiger partial charge in [-0.1, -0.05) is 0 Å². The standard InChI is InChI=1S/C5H4N2O5/c8-5(9)4-3(7(10)11)1-2-12-6-4/h1-2,6H,(H,8,9). The molecular weight excluding hydrogens is 168 g/mol. The maximum absolute atomic E-state index is 10.3. The minimum absolute atomic E-state index is 0.534. The van der Waals surface area contributed by atoms with Crippen LogP contribution < -0.4 is 5.48 Å². The fourth-order valence-corrected chi connectivity index (χ4v) is 0.632. The van der Waals surface area contributed by atoms with E-state index in [2.05, 4.69) is 4.84 Å².